The zero-order valence-electron chi connectivity index (χ0n) is 11.7. The fourth-order valence-electron chi connectivity index (χ4n) is 1.52. The molecule has 1 unspecified atom stereocenters. The molecule has 1 aromatic carbocycles. The van der Waals surface area contributed by atoms with Crippen LogP contribution in [0.2, 0.25) is 0 Å². The minimum Gasteiger partial charge on any atom is -0.492 e. The van der Waals surface area contributed by atoms with Crippen molar-refractivity contribution in [2.75, 3.05) is 13.2 Å². The van der Waals surface area contributed by atoms with Crippen LogP contribution in [0.4, 0.5) is 8.78 Å². The van der Waals surface area contributed by atoms with Crippen LogP contribution in [0.3, 0.4) is 0 Å². The van der Waals surface area contributed by atoms with Gasteiger partial charge >= 0.3 is 0 Å². The number of hydrogen-bond acceptors (Lipinski definition) is 3. The molecule has 20 heavy (non-hydrogen) atoms. The molecule has 110 valence electrons. The average molecular weight is 282 g/mol. The van der Waals surface area contributed by atoms with E-state index >= 15 is 0 Å². The van der Waals surface area contributed by atoms with Gasteiger partial charge in [0.2, 0.25) is 0 Å². The first-order chi connectivity index (χ1) is 9.32. The van der Waals surface area contributed by atoms with Crippen molar-refractivity contribution < 1.29 is 13.5 Å². The highest BCUT2D eigenvalue weighted by atomic mass is 19.1. The fourth-order valence-corrected chi connectivity index (χ4v) is 1.52. The Morgan fingerprint density at radius 1 is 1.35 bits per heavy atom. The van der Waals surface area contributed by atoms with Crippen molar-refractivity contribution in [2.24, 2.45) is 5.73 Å². The largest absolute Gasteiger partial charge is 0.492 e. The molecule has 0 heterocycles. The molecule has 0 saturated carbocycles. The third-order valence-electron chi connectivity index (χ3n) is 2.74. The summed E-state index contributed by atoms with van der Waals surface area (Å²) in [5.74, 6) is 1.40. The lowest BCUT2D eigenvalue weighted by Gasteiger charge is -2.21. The fraction of sp³-hybridized carbons (Fsp3) is 0.467. The van der Waals surface area contributed by atoms with Gasteiger partial charge in [0.05, 0.1) is 5.54 Å². The smallest absolute Gasteiger partial charge is 0.129 e. The summed E-state index contributed by atoms with van der Waals surface area (Å²) in [6.07, 6.45) is 5.99. The standard InChI is InChI=1S/C15H20F2N2O/c1-4-15(2,3)19-6-5-13(18)10-20-14-8-11(16)7-12(17)9-14/h1,7-9,13,19H,5-6,10,18H2,2-3H3. The van der Waals surface area contributed by atoms with Crippen molar-refractivity contribution in [3.8, 4) is 18.1 Å². The van der Waals surface area contributed by atoms with E-state index in [0.29, 0.717) is 13.0 Å². The maximum atomic E-state index is 12.9. The van der Waals surface area contributed by atoms with Crippen LogP contribution in [0.1, 0.15) is 20.3 Å². The molecule has 0 radical (unpaired) electrons. The Balaban J connectivity index is 2.33. The van der Waals surface area contributed by atoms with Crippen molar-refractivity contribution in [2.45, 2.75) is 31.8 Å². The number of ether oxygens (including phenoxy) is 1. The molecule has 0 bridgehead atoms. The summed E-state index contributed by atoms with van der Waals surface area (Å²) in [5, 5.41) is 3.16. The number of terminal acetylenes is 1. The molecular weight excluding hydrogens is 262 g/mol. The van der Waals surface area contributed by atoms with Crippen LogP contribution in [0.15, 0.2) is 18.2 Å². The van der Waals surface area contributed by atoms with E-state index in [9.17, 15) is 8.78 Å². The predicted molar refractivity (Wildman–Crippen MR) is 75.4 cm³/mol. The van der Waals surface area contributed by atoms with Gasteiger partial charge in [0.15, 0.2) is 0 Å². The Labute approximate surface area is 118 Å². The minimum absolute atomic E-state index is 0.134. The number of halogens is 2. The summed E-state index contributed by atoms with van der Waals surface area (Å²) in [7, 11) is 0. The van der Waals surface area contributed by atoms with Crippen LogP contribution in [0.5, 0.6) is 5.75 Å². The number of nitrogens with one attached hydrogen (secondary N) is 1. The van der Waals surface area contributed by atoms with Gasteiger partial charge in [-0.25, -0.2) is 8.78 Å². The summed E-state index contributed by atoms with van der Waals surface area (Å²) < 4.78 is 31.2. The van der Waals surface area contributed by atoms with E-state index in [1.807, 2.05) is 13.8 Å². The van der Waals surface area contributed by atoms with Crippen LogP contribution >= 0.6 is 0 Å². The van der Waals surface area contributed by atoms with E-state index in [0.717, 1.165) is 18.2 Å². The van der Waals surface area contributed by atoms with Crippen LogP contribution in [-0.4, -0.2) is 24.7 Å². The molecular formula is C15H20F2N2O. The second-order valence-corrected chi connectivity index (χ2v) is 5.16. The van der Waals surface area contributed by atoms with Crippen molar-refractivity contribution in [3.05, 3.63) is 29.8 Å². The van der Waals surface area contributed by atoms with Gasteiger partial charge < -0.3 is 15.8 Å². The summed E-state index contributed by atoms with van der Waals surface area (Å²) >= 11 is 0. The molecule has 0 aromatic heterocycles. The number of rotatable bonds is 7. The molecule has 3 nitrogen and oxygen atoms in total. The lowest BCUT2D eigenvalue weighted by Crippen LogP contribution is -2.41. The molecule has 1 atom stereocenters. The summed E-state index contributed by atoms with van der Waals surface area (Å²) in [5.41, 5.74) is 5.48. The first kappa shape index (κ1) is 16.4. The third kappa shape index (κ3) is 6.00. The van der Waals surface area contributed by atoms with E-state index in [-0.39, 0.29) is 23.9 Å². The first-order valence-electron chi connectivity index (χ1n) is 6.39. The SMILES string of the molecule is C#CC(C)(C)NCCC(N)COc1cc(F)cc(F)c1. The summed E-state index contributed by atoms with van der Waals surface area (Å²) in [6.45, 7) is 4.61. The third-order valence-corrected chi connectivity index (χ3v) is 2.74. The molecule has 0 saturated heterocycles. The molecule has 0 aliphatic heterocycles. The maximum Gasteiger partial charge on any atom is 0.129 e. The van der Waals surface area contributed by atoms with Gasteiger partial charge in [-0.1, -0.05) is 5.92 Å². The Morgan fingerprint density at radius 3 is 2.50 bits per heavy atom. The highest BCUT2D eigenvalue weighted by molar-refractivity contribution is 5.23. The Kier molecular flexibility index (Phi) is 5.93. The average Bonchev–Trinajstić information content (AvgIpc) is 2.35. The van der Waals surface area contributed by atoms with Crippen molar-refractivity contribution >= 4 is 0 Å². The van der Waals surface area contributed by atoms with E-state index in [1.165, 1.54) is 0 Å². The number of nitrogens with two attached hydrogens (primary N) is 1. The monoisotopic (exact) mass is 282 g/mol. The van der Waals surface area contributed by atoms with E-state index < -0.39 is 11.6 Å². The van der Waals surface area contributed by atoms with Gasteiger partial charge in [0.1, 0.15) is 24.0 Å². The normalized spacial score (nSPS) is 12.8. The number of hydrogen-bond donors (Lipinski definition) is 2. The van der Waals surface area contributed by atoms with Crippen LogP contribution < -0.4 is 15.8 Å². The Bertz CT molecular complexity index is 463. The van der Waals surface area contributed by atoms with E-state index in [1.54, 1.807) is 0 Å². The Hall–Kier alpha value is -1.64. The Morgan fingerprint density at radius 2 is 1.95 bits per heavy atom. The molecule has 0 aliphatic rings. The zero-order chi connectivity index (χ0) is 15.2. The van der Waals surface area contributed by atoms with E-state index in [2.05, 4.69) is 11.2 Å². The lowest BCUT2D eigenvalue weighted by molar-refractivity contribution is 0.276. The van der Waals surface area contributed by atoms with Crippen molar-refractivity contribution in [3.63, 3.8) is 0 Å². The predicted octanol–water partition coefficient (Wildman–Crippen LogP) is 2.06. The quantitative estimate of drug-likeness (QED) is 0.753. The molecule has 0 fully saturated rings. The molecule has 0 spiro atoms. The van der Waals surface area contributed by atoms with Gasteiger partial charge in [-0.3, -0.25) is 0 Å². The second kappa shape index (κ2) is 7.22. The minimum atomic E-state index is -0.675. The molecule has 1 rings (SSSR count). The molecule has 0 aliphatic carbocycles. The van der Waals surface area contributed by atoms with Gasteiger partial charge in [0, 0.05) is 24.2 Å². The zero-order valence-corrected chi connectivity index (χ0v) is 11.7. The van der Waals surface area contributed by atoms with Crippen molar-refractivity contribution in [1.82, 2.24) is 5.32 Å². The van der Waals surface area contributed by atoms with E-state index in [4.69, 9.17) is 16.9 Å². The van der Waals surface area contributed by atoms with Crippen LogP contribution in [-0.2, 0) is 0 Å². The second-order valence-electron chi connectivity index (χ2n) is 5.16. The summed E-state index contributed by atoms with van der Waals surface area (Å²) in [6, 6.07) is 2.78. The highest BCUT2D eigenvalue weighted by Gasteiger charge is 2.13. The molecule has 1 aromatic rings. The lowest BCUT2D eigenvalue weighted by atomic mass is 10.1. The van der Waals surface area contributed by atoms with Gasteiger partial charge in [0.25, 0.3) is 0 Å². The number of benzene rings is 1. The topological polar surface area (TPSA) is 47.3 Å². The first-order valence-corrected chi connectivity index (χ1v) is 6.39. The maximum absolute atomic E-state index is 12.9. The van der Waals surface area contributed by atoms with Crippen LogP contribution in [0, 0.1) is 24.0 Å². The van der Waals surface area contributed by atoms with Crippen LogP contribution in [0.25, 0.3) is 0 Å². The van der Waals surface area contributed by atoms with Crippen molar-refractivity contribution in [1.29, 1.82) is 0 Å². The summed E-state index contributed by atoms with van der Waals surface area (Å²) in [4.78, 5) is 0. The molecule has 5 heteroatoms. The van der Waals surface area contributed by atoms with Gasteiger partial charge in [-0.2, -0.15) is 0 Å². The van der Waals surface area contributed by atoms with Gasteiger partial charge in [-0.05, 0) is 26.8 Å². The molecule has 0 amide bonds. The molecule has 3 N–H and O–H groups in total. The van der Waals surface area contributed by atoms with Gasteiger partial charge in [-0.15, -0.1) is 6.42 Å². The highest BCUT2D eigenvalue weighted by Crippen LogP contribution is 2.15.